The van der Waals surface area contributed by atoms with E-state index in [2.05, 4.69) is 61.5 Å². The number of amides is 4. The zero-order chi connectivity index (χ0) is 93.4. The van der Waals surface area contributed by atoms with Crippen molar-refractivity contribution in [3.05, 3.63) is 434 Å². The number of fused-ring (bicyclic) bond motifs is 6. The summed E-state index contributed by atoms with van der Waals surface area (Å²) in [5.74, 6) is -1.70. The molecule has 133 heavy (non-hydrogen) atoms. The van der Waals surface area contributed by atoms with Crippen LogP contribution in [0.4, 0.5) is 0 Å². The average molecular weight is 1840 g/mol. The Hall–Kier alpha value is -15.9. The van der Waals surface area contributed by atoms with Crippen molar-refractivity contribution >= 4 is 130 Å². The molecule has 0 saturated carbocycles. The predicted octanol–water partition coefficient (Wildman–Crippen LogP) is 19.1. The van der Waals surface area contributed by atoms with E-state index in [-0.39, 0.29) is 57.3 Å². The molecule has 18 aromatic rings. The Morgan fingerprint density at radius 1 is 0.376 bits per heavy atom. The molecule has 4 N–H and O–H groups in total. The van der Waals surface area contributed by atoms with Gasteiger partial charge in [0.15, 0.2) is 5.69 Å². The van der Waals surface area contributed by atoms with Gasteiger partial charge in [-0.2, -0.15) is 10.2 Å². The number of halogens is 4. The van der Waals surface area contributed by atoms with E-state index in [4.69, 9.17) is 46.4 Å². The Kier molecular flexibility index (Phi) is 26.9. The van der Waals surface area contributed by atoms with E-state index >= 15 is 0 Å². The Morgan fingerprint density at radius 2 is 0.744 bits per heavy atom. The summed E-state index contributed by atoms with van der Waals surface area (Å²) in [5.41, 5.74) is 10.4. The first-order valence-corrected chi connectivity index (χ1v) is 43.6. The molecule has 0 unspecified atom stereocenters. The highest BCUT2D eigenvalue weighted by Crippen LogP contribution is 2.33. The summed E-state index contributed by atoms with van der Waals surface area (Å²) in [4.78, 5) is 140. The van der Waals surface area contributed by atoms with Crippen molar-refractivity contribution in [3.63, 3.8) is 0 Å². The third-order valence-corrected chi connectivity index (χ3v) is 23.7. The molecule has 10 aromatic carbocycles. The fraction of sp³-hybridized carbons (Fsp3) is 0.117. The highest BCUT2D eigenvalue weighted by Gasteiger charge is 2.30. The molecule has 4 atom stereocenters. The lowest BCUT2D eigenvalue weighted by Gasteiger charge is -2.21. The van der Waals surface area contributed by atoms with Crippen molar-refractivity contribution in [3.8, 4) is 34.0 Å². The van der Waals surface area contributed by atoms with Gasteiger partial charge in [-0.3, -0.25) is 76.4 Å². The molecule has 19 rings (SSSR count). The molecule has 0 radical (unpaired) electrons. The van der Waals surface area contributed by atoms with Crippen LogP contribution in [0, 0.1) is 13.8 Å². The Labute approximate surface area is 779 Å². The maximum atomic E-state index is 13.6. The van der Waals surface area contributed by atoms with Crippen LogP contribution in [0.15, 0.2) is 329 Å². The molecule has 1 aliphatic rings. The van der Waals surface area contributed by atoms with Crippen LogP contribution < -0.4 is 43.5 Å². The summed E-state index contributed by atoms with van der Waals surface area (Å²) in [6.45, 7) is 12.6. The summed E-state index contributed by atoms with van der Waals surface area (Å²) >= 11 is 25.5. The van der Waals surface area contributed by atoms with Crippen LogP contribution in [0.2, 0.25) is 20.1 Å². The molecule has 4 amide bonds. The van der Waals surface area contributed by atoms with E-state index in [0.717, 1.165) is 11.1 Å². The van der Waals surface area contributed by atoms with Crippen LogP contribution in [0.5, 0.6) is 0 Å². The van der Waals surface area contributed by atoms with Gasteiger partial charge in [0.25, 0.3) is 51.8 Å². The number of para-hydroxylation sites is 5. The van der Waals surface area contributed by atoms with Gasteiger partial charge in [0.05, 0.1) is 118 Å². The molecular formula is C103H81Cl4N17O9. The molecule has 660 valence electrons. The summed E-state index contributed by atoms with van der Waals surface area (Å²) in [5, 5.41) is 29.6. The van der Waals surface area contributed by atoms with E-state index in [1.165, 1.54) is 23.3 Å². The highest BCUT2D eigenvalue weighted by atomic mass is 35.5. The Morgan fingerprint density at radius 3 is 1.15 bits per heavy atom. The Balaban J connectivity index is 0.000000129. The molecule has 30 heteroatoms. The summed E-state index contributed by atoms with van der Waals surface area (Å²) in [7, 11) is 0. The van der Waals surface area contributed by atoms with Crippen molar-refractivity contribution in [2.75, 3.05) is 0 Å². The highest BCUT2D eigenvalue weighted by molar-refractivity contribution is 6.37. The molecule has 0 fully saturated rings. The van der Waals surface area contributed by atoms with Crippen LogP contribution >= 0.6 is 46.4 Å². The third kappa shape index (κ3) is 19.0. The fourth-order valence-electron chi connectivity index (χ4n) is 16.0. The molecule has 0 spiro atoms. The molecule has 9 heterocycles. The number of pyridine rings is 4. The van der Waals surface area contributed by atoms with E-state index in [0.29, 0.717) is 160 Å². The van der Waals surface area contributed by atoms with Crippen LogP contribution in [0.25, 0.3) is 88.1 Å². The molecule has 0 saturated heterocycles. The minimum Gasteiger partial charge on any atom is -0.344 e. The average Bonchev–Trinajstić information content (AvgIpc) is 1.74. The zero-order valence-corrected chi connectivity index (χ0v) is 75.4. The molecule has 1 aliphatic heterocycles. The molecule has 26 nitrogen and oxygen atoms in total. The number of aryl methyl sites for hydroxylation is 2. The second kappa shape index (κ2) is 39.6. The third-order valence-electron chi connectivity index (χ3n) is 22.4. The number of nitrogens with zero attached hydrogens (tertiary/aromatic N) is 13. The number of benzene rings is 10. The van der Waals surface area contributed by atoms with Gasteiger partial charge in [0.2, 0.25) is 0 Å². The quantitative estimate of drug-likeness (QED) is 0.0658. The minimum atomic E-state index is -0.532. The van der Waals surface area contributed by atoms with Crippen molar-refractivity contribution in [2.24, 2.45) is 0 Å². The normalized spacial score (nSPS) is 12.5. The van der Waals surface area contributed by atoms with Crippen LogP contribution in [-0.2, 0) is 6.42 Å². The Bertz CT molecular complexity index is 7890. The van der Waals surface area contributed by atoms with Crippen LogP contribution in [0.1, 0.15) is 145 Å². The number of carbonyl (C=O) groups excluding carboxylic acids is 5. The minimum absolute atomic E-state index is 0.189. The first kappa shape index (κ1) is 90.5. The lowest BCUT2D eigenvalue weighted by atomic mass is 10.0. The van der Waals surface area contributed by atoms with Gasteiger partial charge in [0.1, 0.15) is 17.5 Å². The number of hydrogen-bond donors (Lipinski definition) is 4. The lowest BCUT2D eigenvalue weighted by Crippen LogP contribution is -2.33. The predicted molar refractivity (Wildman–Crippen MR) is 518 cm³/mol. The van der Waals surface area contributed by atoms with Gasteiger partial charge >= 0.3 is 0 Å². The van der Waals surface area contributed by atoms with Crippen molar-refractivity contribution < 1.29 is 24.0 Å². The molecule has 0 bridgehead atoms. The van der Waals surface area contributed by atoms with Gasteiger partial charge in [-0.05, 0) is 179 Å². The maximum absolute atomic E-state index is 13.6. The second-order valence-corrected chi connectivity index (χ2v) is 33.0. The summed E-state index contributed by atoms with van der Waals surface area (Å²) < 4.78 is 7.60. The van der Waals surface area contributed by atoms with Crippen LogP contribution in [-0.4, -0.2) is 92.7 Å². The van der Waals surface area contributed by atoms with E-state index < -0.39 is 30.1 Å². The van der Waals surface area contributed by atoms with Crippen molar-refractivity contribution in [1.29, 1.82) is 0 Å². The second-order valence-electron chi connectivity index (χ2n) is 31.4. The molecule has 0 aliphatic carbocycles. The lowest BCUT2D eigenvalue weighted by molar-refractivity contribution is 0.0923. The van der Waals surface area contributed by atoms with E-state index in [1.807, 2.05) is 241 Å². The number of carbonyl (C=O) groups is 5. The van der Waals surface area contributed by atoms with Gasteiger partial charge in [-0.1, -0.05) is 210 Å². The number of rotatable bonds is 17. The number of aromatic nitrogens is 13. The number of nitrogens with one attached hydrogen (secondary N) is 4. The maximum Gasteiger partial charge on any atom is 0.272 e. The molecule has 8 aromatic heterocycles. The largest absolute Gasteiger partial charge is 0.344 e. The topological polar surface area (TPSA) is 330 Å². The van der Waals surface area contributed by atoms with E-state index in [9.17, 15) is 43.2 Å². The van der Waals surface area contributed by atoms with Crippen molar-refractivity contribution in [2.45, 2.75) is 79.1 Å². The van der Waals surface area contributed by atoms with Gasteiger partial charge in [-0.25, -0.2) is 14.6 Å². The summed E-state index contributed by atoms with van der Waals surface area (Å²) in [6, 6.07) is 78.7. The van der Waals surface area contributed by atoms with Gasteiger partial charge < -0.3 is 21.3 Å². The first-order chi connectivity index (χ1) is 64.3. The first-order valence-electron chi connectivity index (χ1n) is 42.1. The smallest absolute Gasteiger partial charge is 0.272 e. The van der Waals surface area contributed by atoms with Crippen LogP contribution in [0.3, 0.4) is 0 Å². The standard InChI is InChI=1S/C29H23ClN4O2.C26H21ClN4O3.C26H19ClN4O2.C22H18ClN5O2/c1-18(32-28(35)27-19(2)31-17-24(33-27)20-10-5-3-6-11-20)25-16-21-12-9-15-23(30)26(21)29(36)34(25)22-13-7-4-8-14-22;1-15-11-22-19(14-28-31(22)23(32)12-15)25(33)29-16(2)21-13-17-7-6-10-20(27)24(17)26(34)30(21)18-8-4-3-5-9-18;1-16(30-25(32)19-10-6-12-21-24(19)29-14-13-28-21)22-15-17-7-5-11-20(27)23(17)26(33)31(22)18-8-3-2-4-9-18;1-13(26-21(29)20-14(2)27-25-12-24-20)18-11-15-7-6-10-17(23)19(15)22(30)28(18)16-8-4-3-5-9-16/h3-18H,1-2H3,(H,32,35);3-10,12-14,16H,11H2,1-2H3,(H,29,33);2-16H,1H3,(H,30,32);3-13H,1-2H3,(H,26,29)/t18-;2*16-;13-/m0000/s1. The monoisotopic (exact) mass is 1840 g/mol. The fourth-order valence-corrected chi connectivity index (χ4v) is 17.1. The zero-order valence-electron chi connectivity index (χ0n) is 72.4. The number of allylic oxidation sites excluding steroid dienone is 2. The number of hydrogen-bond acceptors (Lipinski definition) is 17. The SMILES string of the molecule is CC1=CC(=O)n2ncc(C(=O)N[C@@H](C)c3cc4cccc(Cl)c4c(=O)n3-c3ccccc3)c2C1.C[C@H](NC(=O)c1cccc2nccnc12)c1cc2cccc(Cl)c2c(=O)n1-c1ccccc1.Cc1ncc(-c2ccccc2)nc1C(=O)N[C@@H](C)c1cc2cccc(Cl)c2c(=O)n1-c1ccccc1.Cc1nncnc1C(=O)N[C@@H](C)c1cc2cccc(Cl)c2c(=O)n1-c1ccccc1. The summed E-state index contributed by atoms with van der Waals surface area (Å²) in [6.07, 6.45) is 9.42. The van der Waals surface area contributed by atoms with Gasteiger partial charge in [0, 0.05) is 76.0 Å². The van der Waals surface area contributed by atoms with E-state index in [1.54, 1.807) is 111 Å². The van der Waals surface area contributed by atoms with Crippen molar-refractivity contribution in [1.82, 2.24) is 84.4 Å². The van der Waals surface area contributed by atoms with Gasteiger partial charge in [-0.15, -0.1) is 5.10 Å². The molecular weight excluding hydrogens is 1760 g/mol.